The minimum absolute atomic E-state index is 0.0512. The van der Waals surface area contributed by atoms with Gasteiger partial charge in [-0.25, -0.2) is 9.36 Å². The molecule has 0 unspecified atom stereocenters. The summed E-state index contributed by atoms with van der Waals surface area (Å²) in [6.45, 7) is 1.63. The summed E-state index contributed by atoms with van der Waals surface area (Å²) >= 11 is 0. The van der Waals surface area contributed by atoms with Crippen LogP contribution in [0.2, 0.25) is 0 Å². The number of aromatic hydroxyl groups is 1. The van der Waals surface area contributed by atoms with E-state index in [-0.39, 0.29) is 5.56 Å². The highest BCUT2D eigenvalue weighted by molar-refractivity contribution is 5.82. The van der Waals surface area contributed by atoms with Crippen LogP contribution < -0.4 is 16.0 Å². The van der Waals surface area contributed by atoms with Gasteiger partial charge in [-0.05, 0) is 37.1 Å². The van der Waals surface area contributed by atoms with Gasteiger partial charge in [0.05, 0.1) is 19.0 Å². The van der Waals surface area contributed by atoms with Crippen LogP contribution in [0.25, 0.3) is 5.69 Å². The molecule has 0 amide bonds. The van der Waals surface area contributed by atoms with E-state index in [1.807, 2.05) is 5.01 Å². The Kier molecular flexibility index (Phi) is 5.40. The minimum Gasteiger partial charge on any atom is -0.497 e. The molecule has 1 aliphatic rings. The molecular weight excluding hydrogens is 336 g/mol. The largest absolute Gasteiger partial charge is 0.497 e. The number of nitrogens with one attached hydrogen (secondary N) is 1. The summed E-state index contributed by atoms with van der Waals surface area (Å²) in [6, 6.07) is 6.57. The highest BCUT2D eigenvalue weighted by atomic mass is 16.5. The molecule has 1 aromatic heterocycles. The summed E-state index contributed by atoms with van der Waals surface area (Å²) in [5.74, 6) is 0.177. The maximum atomic E-state index is 12.2. The maximum absolute atomic E-state index is 12.2. The van der Waals surface area contributed by atoms with Crippen LogP contribution in [0.3, 0.4) is 0 Å². The van der Waals surface area contributed by atoms with Gasteiger partial charge in [0.2, 0.25) is 5.88 Å². The molecule has 1 aliphatic heterocycles. The third kappa shape index (κ3) is 3.79. The number of aromatic amines is 1. The topological polar surface area (TPSA) is 99.9 Å². The third-order valence-corrected chi connectivity index (χ3v) is 4.38. The monoisotopic (exact) mass is 358 g/mol. The zero-order valence-corrected chi connectivity index (χ0v) is 14.6. The third-order valence-electron chi connectivity index (χ3n) is 4.38. The summed E-state index contributed by atoms with van der Waals surface area (Å²) in [5, 5.41) is 16.7. The lowest BCUT2D eigenvalue weighted by Crippen LogP contribution is -2.31. The first-order chi connectivity index (χ1) is 12.6. The second kappa shape index (κ2) is 7.90. The Labute approximate surface area is 150 Å². The van der Waals surface area contributed by atoms with Gasteiger partial charge in [0, 0.05) is 13.1 Å². The average Bonchev–Trinajstić information content (AvgIpc) is 2.90. The SMILES string of the molecule is COc1ccc(-n2c(O)c(C=NN3CCCCCC3)c(=O)[nH]c2=O)cc1. The molecule has 2 heterocycles. The van der Waals surface area contributed by atoms with Crippen LogP contribution in [0.5, 0.6) is 11.6 Å². The molecule has 0 aliphatic carbocycles. The van der Waals surface area contributed by atoms with Crippen molar-refractivity contribution < 1.29 is 9.84 Å². The van der Waals surface area contributed by atoms with Crippen LogP contribution in [0, 0.1) is 0 Å². The van der Waals surface area contributed by atoms with Gasteiger partial charge in [-0.2, -0.15) is 5.10 Å². The first-order valence-electron chi connectivity index (χ1n) is 8.62. The number of hydrazone groups is 1. The van der Waals surface area contributed by atoms with Gasteiger partial charge >= 0.3 is 5.69 Å². The summed E-state index contributed by atoms with van der Waals surface area (Å²) in [4.78, 5) is 26.5. The van der Waals surface area contributed by atoms with Gasteiger partial charge in [-0.3, -0.25) is 14.8 Å². The first-order valence-corrected chi connectivity index (χ1v) is 8.62. The number of hydrogen-bond donors (Lipinski definition) is 2. The molecule has 8 heteroatoms. The van der Waals surface area contributed by atoms with Gasteiger partial charge in [0.15, 0.2) is 0 Å². The van der Waals surface area contributed by atoms with E-state index in [4.69, 9.17) is 4.74 Å². The summed E-state index contributed by atoms with van der Waals surface area (Å²) < 4.78 is 6.12. The molecule has 0 spiro atoms. The van der Waals surface area contributed by atoms with Crippen LogP contribution in [0.15, 0.2) is 39.0 Å². The van der Waals surface area contributed by atoms with E-state index in [2.05, 4.69) is 10.1 Å². The highest BCUT2D eigenvalue weighted by Crippen LogP contribution is 2.18. The van der Waals surface area contributed by atoms with Gasteiger partial charge in [0.25, 0.3) is 5.56 Å². The van der Waals surface area contributed by atoms with Crippen molar-refractivity contribution in [2.45, 2.75) is 25.7 Å². The van der Waals surface area contributed by atoms with Crippen molar-refractivity contribution in [2.24, 2.45) is 5.10 Å². The molecule has 1 fully saturated rings. The molecular formula is C18H22N4O4. The Hall–Kier alpha value is -3.03. The smallest absolute Gasteiger partial charge is 0.335 e. The molecule has 8 nitrogen and oxygen atoms in total. The second-order valence-electron chi connectivity index (χ2n) is 6.14. The predicted octanol–water partition coefficient (Wildman–Crippen LogP) is 1.45. The van der Waals surface area contributed by atoms with Crippen molar-refractivity contribution in [3.8, 4) is 17.3 Å². The molecule has 0 radical (unpaired) electrons. The molecule has 1 aromatic carbocycles. The first kappa shape index (κ1) is 17.8. The molecule has 2 aromatic rings. The Morgan fingerprint density at radius 2 is 1.77 bits per heavy atom. The van der Waals surface area contributed by atoms with Crippen molar-refractivity contribution in [3.63, 3.8) is 0 Å². The van der Waals surface area contributed by atoms with Gasteiger partial charge in [-0.15, -0.1) is 0 Å². The number of aromatic nitrogens is 2. The van der Waals surface area contributed by atoms with E-state index in [1.54, 1.807) is 24.3 Å². The summed E-state index contributed by atoms with van der Waals surface area (Å²) in [5.41, 5.74) is -1.03. The number of hydrogen-bond acceptors (Lipinski definition) is 6. The maximum Gasteiger partial charge on any atom is 0.335 e. The van der Waals surface area contributed by atoms with Crippen LogP contribution in [-0.4, -0.2) is 46.1 Å². The van der Waals surface area contributed by atoms with Crippen LogP contribution in [0.1, 0.15) is 31.2 Å². The fourth-order valence-electron chi connectivity index (χ4n) is 2.93. The van der Waals surface area contributed by atoms with Crippen molar-refractivity contribution >= 4 is 6.21 Å². The Morgan fingerprint density at radius 3 is 2.38 bits per heavy atom. The molecule has 3 rings (SSSR count). The Morgan fingerprint density at radius 1 is 1.12 bits per heavy atom. The minimum atomic E-state index is -0.718. The Bertz CT molecular complexity index is 891. The highest BCUT2D eigenvalue weighted by Gasteiger charge is 2.15. The molecule has 138 valence electrons. The predicted molar refractivity (Wildman–Crippen MR) is 98.5 cm³/mol. The molecule has 0 saturated carbocycles. The van der Waals surface area contributed by atoms with Crippen molar-refractivity contribution in [1.82, 2.24) is 14.6 Å². The lowest BCUT2D eigenvalue weighted by molar-refractivity contribution is 0.302. The molecule has 0 bridgehead atoms. The number of rotatable bonds is 4. The van der Waals surface area contributed by atoms with Crippen molar-refractivity contribution in [1.29, 1.82) is 0 Å². The Balaban J connectivity index is 1.98. The normalized spacial score (nSPS) is 15.2. The lowest BCUT2D eigenvalue weighted by atomic mass is 10.2. The van der Waals surface area contributed by atoms with E-state index >= 15 is 0 Å². The van der Waals surface area contributed by atoms with E-state index in [1.165, 1.54) is 26.2 Å². The number of H-pyrrole nitrogens is 1. The number of methoxy groups -OCH3 is 1. The van der Waals surface area contributed by atoms with Crippen LogP contribution >= 0.6 is 0 Å². The van der Waals surface area contributed by atoms with Gasteiger partial charge in [0.1, 0.15) is 11.3 Å². The number of benzene rings is 1. The van der Waals surface area contributed by atoms with Gasteiger partial charge < -0.3 is 9.84 Å². The summed E-state index contributed by atoms with van der Waals surface area (Å²) in [7, 11) is 1.54. The quantitative estimate of drug-likeness (QED) is 0.806. The standard InChI is InChI=1S/C18H22N4O4/c1-26-14-8-6-13(7-9-14)22-17(24)15(16(23)20-18(22)25)12-19-21-10-4-2-3-5-11-21/h6-9,12,24H,2-5,10-11H2,1H3,(H,20,23,25). The van der Waals surface area contributed by atoms with Crippen LogP contribution in [0.4, 0.5) is 0 Å². The number of ether oxygens (including phenoxy) is 1. The van der Waals surface area contributed by atoms with E-state index in [9.17, 15) is 14.7 Å². The van der Waals surface area contributed by atoms with E-state index in [0.717, 1.165) is 30.5 Å². The second-order valence-corrected chi connectivity index (χ2v) is 6.14. The summed E-state index contributed by atoms with van der Waals surface area (Å²) in [6.07, 6.45) is 5.75. The molecule has 26 heavy (non-hydrogen) atoms. The zero-order chi connectivity index (χ0) is 18.5. The average molecular weight is 358 g/mol. The van der Waals surface area contributed by atoms with Crippen molar-refractivity contribution in [3.05, 3.63) is 50.7 Å². The molecule has 2 N–H and O–H groups in total. The fourth-order valence-corrected chi connectivity index (χ4v) is 2.93. The van der Waals surface area contributed by atoms with Crippen molar-refractivity contribution in [2.75, 3.05) is 20.2 Å². The van der Waals surface area contributed by atoms with Gasteiger partial charge in [-0.1, -0.05) is 12.8 Å². The lowest BCUT2D eigenvalue weighted by Gasteiger charge is -2.15. The fraction of sp³-hybridized carbons (Fsp3) is 0.389. The van der Waals surface area contributed by atoms with Crippen LogP contribution in [-0.2, 0) is 0 Å². The molecule has 0 atom stereocenters. The number of nitrogens with zero attached hydrogens (tertiary/aromatic N) is 3. The van der Waals surface area contributed by atoms with E-state index < -0.39 is 17.1 Å². The van der Waals surface area contributed by atoms with E-state index in [0.29, 0.717) is 11.4 Å². The molecule has 1 saturated heterocycles. The zero-order valence-electron chi connectivity index (χ0n) is 14.6.